The van der Waals surface area contributed by atoms with E-state index in [4.69, 9.17) is 0 Å². The lowest BCUT2D eigenvalue weighted by Gasteiger charge is -2.44. The van der Waals surface area contributed by atoms with E-state index in [1.54, 1.807) is 33.4 Å². The maximum absolute atomic E-state index is 2.48. The molecule has 5 rings (SSSR count). The number of hydrogen-bond donors (Lipinski definition) is 0. The second kappa shape index (κ2) is 3.67. The molecule has 0 saturated carbocycles. The quantitative estimate of drug-likeness (QED) is 0.616. The van der Waals surface area contributed by atoms with Gasteiger partial charge in [-0.05, 0) is 57.6 Å². The number of rotatable bonds is 0. The summed E-state index contributed by atoms with van der Waals surface area (Å²) in [7, 11) is 0. The van der Waals surface area contributed by atoms with Gasteiger partial charge in [0.15, 0.2) is 0 Å². The second-order valence-corrected chi connectivity index (χ2v) is 8.61. The third-order valence-corrected chi connectivity index (χ3v) is 7.02. The van der Waals surface area contributed by atoms with Gasteiger partial charge < -0.3 is 0 Å². The first-order chi connectivity index (χ1) is 10.4. The first kappa shape index (κ1) is 12.9. The van der Waals surface area contributed by atoms with Crippen LogP contribution in [0, 0.1) is 5.92 Å². The van der Waals surface area contributed by atoms with Gasteiger partial charge in [-0.3, -0.25) is 0 Å². The molecule has 2 aromatic carbocycles. The Labute approximate surface area is 133 Å². The SMILES string of the molecule is CC1(C)c2cccc3c2C2c4c1cccc4C(C)(C)C2CC3. The van der Waals surface area contributed by atoms with Crippen LogP contribution in [-0.2, 0) is 17.3 Å². The predicted octanol–water partition coefficient (Wildman–Crippen LogP) is 5.31. The van der Waals surface area contributed by atoms with E-state index in [-0.39, 0.29) is 5.41 Å². The highest BCUT2D eigenvalue weighted by molar-refractivity contribution is 5.65. The van der Waals surface area contributed by atoms with Crippen LogP contribution >= 0.6 is 0 Å². The van der Waals surface area contributed by atoms with Gasteiger partial charge in [-0.2, -0.15) is 0 Å². The van der Waals surface area contributed by atoms with Crippen molar-refractivity contribution in [1.29, 1.82) is 0 Å². The van der Waals surface area contributed by atoms with Crippen molar-refractivity contribution < 1.29 is 0 Å². The summed E-state index contributed by atoms with van der Waals surface area (Å²) in [4.78, 5) is 0. The first-order valence-corrected chi connectivity index (χ1v) is 8.70. The molecule has 2 atom stereocenters. The van der Waals surface area contributed by atoms with Gasteiger partial charge in [0.1, 0.15) is 0 Å². The highest BCUT2D eigenvalue weighted by Crippen LogP contribution is 2.63. The van der Waals surface area contributed by atoms with Crippen molar-refractivity contribution in [2.24, 2.45) is 5.92 Å². The van der Waals surface area contributed by atoms with E-state index in [1.165, 1.54) is 12.8 Å². The summed E-state index contributed by atoms with van der Waals surface area (Å²) in [6, 6.07) is 14.1. The molecule has 2 unspecified atom stereocenters. The average molecular weight is 288 g/mol. The van der Waals surface area contributed by atoms with Crippen molar-refractivity contribution in [2.75, 3.05) is 0 Å². The highest BCUT2D eigenvalue weighted by atomic mass is 14.6. The Morgan fingerprint density at radius 3 is 2.23 bits per heavy atom. The maximum atomic E-state index is 2.48. The third kappa shape index (κ3) is 1.23. The van der Waals surface area contributed by atoms with Gasteiger partial charge in [0.2, 0.25) is 0 Å². The largest absolute Gasteiger partial charge is 0.0617 e. The van der Waals surface area contributed by atoms with Crippen molar-refractivity contribution in [3.05, 3.63) is 69.8 Å². The molecular weight excluding hydrogens is 264 g/mol. The van der Waals surface area contributed by atoms with E-state index < -0.39 is 0 Å². The fourth-order valence-corrected chi connectivity index (χ4v) is 5.90. The zero-order valence-corrected chi connectivity index (χ0v) is 14.0. The van der Waals surface area contributed by atoms with E-state index in [0.717, 1.165) is 5.92 Å². The molecule has 0 spiro atoms. The average Bonchev–Trinajstić information content (AvgIpc) is 2.74. The Bertz CT molecular complexity index is 807. The van der Waals surface area contributed by atoms with E-state index >= 15 is 0 Å². The van der Waals surface area contributed by atoms with Crippen molar-refractivity contribution in [1.82, 2.24) is 0 Å². The molecule has 0 saturated heterocycles. The minimum atomic E-state index is 0.134. The molecule has 0 radical (unpaired) electrons. The molecule has 0 N–H and O–H groups in total. The molecule has 0 amide bonds. The molecule has 0 aromatic heterocycles. The minimum Gasteiger partial charge on any atom is -0.0617 e. The van der Waals surface area contributed by atoms with E-state index in [0.29, 0.717) is 11.3 Å². The third-order valence-electron chi connectivity index (χ3n) is 7.02. The lowest BCUT2D eigenvalue weighted by atomic mass is 9.60. The molecule has 2 aromatic rings. The number of aryl methyl sites for hydroxylation is 1. The minimum absolute atomic E-state index is 0.134. The van der Waals surface area contributed by atoms with Crippen molar-refractivity contribution in [2.45, 2.75) is 57.3 Å². The molecule has 0 bridgehead atoms. The van der Waals surface area contributed by atoms with Gasteiger partial charge in [-0.1, -0.05) is 64.1 Å². The number of benzene rings is 2. The molecular formula is C22H24. The fourth-order valence-electron chi connectivity index (χ4n) is 5.90. The van der Waals surface area contributed by atoms with Crippen LogP contribution in [0.2, 0.25) is 0 Å². The summed E-state index contributed by atoms with van der Waals surface area (Å²) < 4.78 is 0. The zero-order chi connectivity index (χ0) is 15.3. The molecule has 0 aliphatic heterocycles. The lowest BCUT2D eigenvalue weighted by molar-refractivity contribution is 0.286. The van der Waals surface area contributed by atoms with Gasteiger partial charge in [-0.15, -0.1) is 0 Å². The van der Waals surface area contributed by atoms with Crippen molar-refractivity contribution in [3.8, 4) is 0 Å². The van der Waals surface area contributed by atoms with Crippen LogP contribution in [0.3, 0.4) is 0 Å². The van der Waals surface area contributed by atoms with Gasteiger partial charge >= 0.3 is 0 Å². The molecule has 22 heavy (non-hydrogen) atoms. The smallest absolute Gasteiger partial charge is 0.0152 e. The fraction of sp³-hybridized carbons (Fsp3) is 0.455. The first-order valence-electron chi connectivity index (χ1n) is 8.70. The highest BCUT2D eigenvalue weighted by Gasteiger charge is 2.54. The van der Waals surface area contributed by atoms with Gasteiger partial charge in [0, 0.05) is 11.3 Å². The van der Waals surface area contributed by atoms with E-state index in [1.807, 2.05) is 0 Å². The van der Waals surface area contributed by atoms with Crippen LogP contribution in [0.4, 0.5) is 0 Å². The number of hydrogen-bond acceptors (Lipinski definition) is 0. The van der Waals surface area contributed by atoms with Crippen LogP contribution in [-0.4, -0.2) is 0 Å². The molecule has 112 valence electrons. The molecule has 3 aliphatic carbocycles. The van der Waals surface area contributed by atoms with Gasteiger partial charge in [0.25, 0.3) is 0 Å². The zero-order valence-electron chi connectivity index (χ0n) is 14.0. The van der Waals surface area contributed by atoms with Crippen LogP contribution < -0.4 is 0 Å². The summed E-state index contributed by atoms with van der Waals surface area (Å²) in [6.07, 6.45) is 2.59. The van der Waals surface area contributed by atoms with Gasteiger partial charge in [0.05, 0.1) is 0 Å². The summed E-state index contributed by atoms with van der Waals surface area (Å²) in [6.45, 7) is 9.80. The molecule has 0 fully saturated rings. The van der Waals surface area contributed by atoms with E-state index in [9.17, 15) is 0 Å². The van der Waals surface area contributed by atoms with E-state index in [2.05, 4.69) is 64.1 Å². The summed E-state index contributed by atoms with van der Waals surface area (Å²) in [5.41, 5.74) is 10.2. The van der Waals surface area contributed by atoms with Crippen LogP contribution in [0.1, 0.15) is 73.4 Å². The standard InChI is InChI=1S/C22H24/c1-21(2)14-8-5-7-13-11-12-17-20(18(13)14)19-15(21)9-6-10-16(19)22(17,3)4/h5-10,17,20H,11-12H2,1-4H3. The Morgan fingerprint density at radius 1 is 0.818 bits per heavy atom. The molecule has 3 aliphatic rings. The van der Waals surface area contributed by atoms with Crippen molar-refractivity contribution in [3.63, 3.8) is 0 Å². The Kier molecular flexibility index (Phi) is 2.16. The normalized spacial score (nSPS) is 28.4. The monoisotopic (exact) mass is 288 g/mol. The van der Waals surface area contributed by atoms with Crippen LogP contribution in [0.25, 0.3) is 0 Å². The Balaban J connectivity index is 1.97. The summed E-state index contributed by atoms with van der Waals surface area (Å²) >= 11 is 0. The predicted molar refractivity (Wildman–Crippen MR) is 91.7 cm³/mol. The topological polar surface area (TPSA) is 0 Å². The summed E-state index contributed by atoms with van der Waals surface area (Å²) in [5.74, 6) is 1.42. The summed E-state index contributed by atoms with van der Waals surface area (Å²) in [5, 5.41) is 0. The lowest BCUT2D eigenvalue weighted by Crippen LogP contribution is -2.35. The Morgan fingerprint density at radius 2 is 1.45 bits per heavy atom. The maximum Gasteiger partial charge on any atom is 0.0152 e. The molecule has 0 nitrogen and oxygen atoms in total. The van der Waals surface area contributed by atoms with Crippen LogP contribution in [0.5, 0.6) is 0 Å². The van der Waals surface area contributed by atoms with Gasteiger partial charge in [-0.25, -0.2) is 0 Å². The molecule has 0 heterocycles. The van der Waals surface area contributed by atoms with Crippen molar-refractivity contribution >= 4 is 0 Å². The second-order valence-electron chi connectivity index (χ2n) is 8.61. The van der Waals surface area contributed by atoms with Crippen LogP contribution in [0.15, 0.2) is 36.4 Å². The molecule has 0 heteroatoms. The Hall–Kier alpha value is -1.56.